The predicted octanol–water partition coefficient (Wildman–Crippen LogP) is 3.82. The zero-order valence-corrected chi connectivity index (χ0v) is 14.5. The van der Waals surface area contributed by atoms with Crippen molar-refractivity contribution < 1.29 is 9.90 Å². The van der Waals surface area contributed by atoms with Crippen molar-refractivity contribution in [3.63, 3.8) is 0 Å². The lowest BCUT2D eigenvalue weighted by Crippen LogP contribution is -2.64. The third kappa shape index (κ3) is 1.13. The van der Waals surface area contributed by atoms with Gasteiger partial charge in [0.15, 0.2) is 0 Å². The van der Waals surface area contributed by atoms with Crippen molar-refractivity contribution in [2.75, 3.05) is 0 Å². The molecule has 4 bridgehead atoms. The first kappa shape index (κ1) is 14.0. The summed E-state index contributed by atoms with van der Waals surface area (Å²) >= 11 is 0. The van der Waals surface area contributed by atoms with Crippen LogP contribution in [0.5, 0.6) is 0 Å². The summed E-state index contributed by atoms with van der Waals surface area (Å²) in [5, 5.41) is 11.2. The normalized spacial score (nSPS) is 64.0. The van der Waals surface area contributed by atoms with Crippen molar-refractivity contribution in [2.45, 2.75) is 72.3 Å². The maximum atomic E-state index is 13.2. The number of aliphatic hydroxyl groups excluding tert-OH is 1. The van der Waals surface area contributed by atoms with E-state index in [2.05, 4.69) is 27.7 Å². The number of fused-ring (bicyclic) bond motifs is 1. The topological polar surface area (TPSA) is 37.3 Å². The molecule has 122 valence electrons. The zero-order valence-electron chi connectivity index (χ0n) is 14.5. The van der Waals surface area contributed by atoms with Crippen LogP contribution in [-0.2, 0) is 4.79 Å². The van der Waals surface area contributed by atoms with E-state index in [4.69, 9.17) is 0 Å². The average molecular weight is 302 g/mol. The lowest BCUT2D eigenvalue weighted by Gasteiger charge is -2.65. The van der Waals surface area contributed by atoms with Crippen LogP contribution < -0.4 is 0 Å². The SMILES string of the molecule is CC1(C)CCC[C@]2(C)[C@H]3C[C@H]4C5C(=O)[C@]3(CC[C@@H]12)[C@@H](O)[C@]54C. The fourth-order valence-corrected chi connectivity index (χ4v) is 8.64. The van der Waals surface area contributed by atoms with Gasteiger partial charge in [0.1, 0.15) is 5.78 Å². The van der Waals surface area contributed by atoms with Crippen LogP contribution in [0, 0.1) is 45.3 Å². The Morgan fingerprint density at radius 3 is 2.41 bits per heavy atom. The van der Waals surface area contributed by atoms with Gasteiger partial charge in [-0.2, -0.15) is 0 Å². The van der Waals surface area contributed by atoms with E-state index in [1.54, 1.807) is 0 Å². The minimum Gasteiger partial charge on any atom is -0.391 e. The van der Waals surface area contributed by atoms with Crippen molar-refractivity contribution in [1.82, 2.24) is 0 Å². The first-order valence-electron chi connectivity index (χ1n) is 9.43. The van der Waals surface area contributed by atoms with Crippen molar-refractivity contribution >= 4 is 5.78 Å². The summed E-state index contributed by atoms with van der Waals surface area (Å²) in [6, 6.07) is 0. The van der Waals surface area contributed by atoms with Crippen LogP contribution in [0.3, 0.4) is 0 Å². The van der Waals surface area contributed by atoms with E-state index < -0.39 is 0 Å². The van der Waals surface area contributed by atoms with Crippen LogP contribution in [0.25, 0.3) is 0 Å². The molecule has 2 heteroatoms. The Labute approximate surface area is 134 Å². The van der Waals surface area contributed by atoms with Crippen molar-refractivity contribution in [1.29, 1.82) is 0 Å². The molecule has 8 atom stereocenters. The summed E-state index contributed by atoms with van der Waals surface area (Å²) in [5.74, 6) is 2.33. The summed E-state index contributed by atoms with van der Waals surface area (Å²) in [6.07, 6.45) is 6.85. The van der Waals surface area contributed by atoms with Crippen molar-refractivity contribution in [3.05, 3.63) is 0 Å². The predicted molar refractivity (Wildman–Crippen MR) is 85.1 cm³/mol. The number of carbonyl (C=O) groups is 1. The molecule has 6 aliphatic carbocycles. The first-order chi connectivity index (χ1) is 10.2. The molecule has 6 aliphatic rings. The molecule has 0 aliphatic heterocycles. The molecule has 0 aromatic rings. The lowest BCUT2D eigenvalue weighted by atomic mass is 9.39. The maximum Gasteiger partial charge on any atom is 0.145 e. The van der Waals surface area contributed by atoms with E-state index in [1.807, 2.05) is 0 Å². The molecule has 22 heavy (non-hydrogen) atoms. The van der Waals surface area contributed by atoms with Crippen LogP contribution in [-0.4, -0.2) is 17.0 Å². The van der Waals surface area contributed by atoms with Gasteiger partial charge in [-0.1, -0.05) is 34.1 Å². The molecular weight excluding hydrogens is 272 g/mol. The van der Waals surface area contributed by atoms with E-state index in [0.717, 1.165) is 18.8 Å². The Kier molecular flexibility index (Phi) is 2.23. The number of Topliss-reactive ketones (excluding diaryl/α,β-unsaturated/α-hetero) is 1. The highest BCUT2D eigenvalue weighted by atomic mass is 16.3. The number of ketones is 1. The van der Waals surface area contributed by atoms with Crippen molar-refractivity contribution in [3.8, 4) is 0 Å². The average Bonchev–Trinajstić information content (AvgIpc) is 3.01. The van der Waals surface area contributed by atoms with Gasteiger partial charge in [0.2, 0.25) is 0 Å². The molecule has 0 saturated heterocycles. The van der Waals surface area contributed by atoms with Crippen LogP contribution in [0.4, 0.5) is 0 Å². The molecule has 2 nitrogen and oxygen atoms in total. The monoisotopic (exact) mass is 302 g/mol. The second kappa shape index (κ2) is 3.50. The summed E-state index contributed by atoms with van der Waals surface area (Å²) in [4.78, 5) is 13.2. The molecule has 0 amide bonds. The Bertz CT molecular complexity index is 580. The first-order valence-corrected chi connectivity index (χ1v) is 9.43. The summed E-state index contributed by atoms with van der Waals surface area (Å²) in [7, 11) is 0. The number of hydrogen-bond donors (Lipinski definition) is 1. The highest BCUT2D eigenvalue weighted by molar-refractivity contribution is 5.97. The summed E-state index contributed by atoms with van der Waals surface area (Å²) < 4.78 is 0. The van der Waals surface area contributed by atoms with Gasteiger partial charge >= 0.3 is 0 Å². The molecule has 0 aromatic carbocycles. The van der Waals surface area contributed by atoms with E-state index in [1.165, 1.54) is 25.7 Å². The number of hydrogen-bond acceptors (Lipinski definition) is 2. The summed E-state index contributed by atoms with van der Waals surface area (Å²) in [6.45, 7) is 9.55. The summed E-state index contributed by atoms with van der Waals surface area (Å²) in [5.41, 5.74) is 0.245. The Morgan fingerprint density at radius 2 is 1.77 bits per heavy atom. The third-order valence-corrected chi connectivity index (χ3v) is 9.61. The van der Waals surface area contributed by atoms with Crippen LogP contribution in [0.15, 0.2) is 0 Å². The molecule has 6 fully saturated rings. The van der Waals surface area contributed by atoms with Gasteiger partial charge in [-0.15, -0.1) is 0 Å². The molecule has 6 saturated carbocycles. The third-order valence-electron chi connectivity index (χ3n) is 9.61. The fraction of sp³-hybridized carbons (Fsp3) is 0.950. The zero-order chi connectivity index (χ0) is 15.7. The molecular formula is C20H30O2. The second-order valence-electron chi connectivity index (χ2n) is 10.5. The molecule has 1 spiro atoms. The maximum absolute atomic E-state index is 13.2. The van der Waals surface area contributed by atoms with E-state index in [-0.39, 0.29) is 28.3 Å². The largest absolute Gasteiger partial charge is 0.391 e. The van der Waals surface area contributed by atoms with Crippen molar-refractivity contribution in [2.24, 2.45) is 45.3 Å². The molecule has 0 aromatic heterocycles. The molecule has 0 radical (unpaired) electrons. The smallest absolute Gasteiger partial charge is 0.145 e. The number of aliphatic hydroxyl groups is 1. The van der Waals surface area contributed by atoms with E-state index in [9.17, 15) is 9.90 Å². The van der Waals surface area contributed by atoms with Gasteiger partial charge in [-0.3, -0.25) is 4.79 Å². The van der Waals surface area contributed by atoms with E-state index >= 15 is 0 Å². The molecule has 1 N–H and O–H groups in total. The van der Waals surface area contributed by atoms with Gasteiger partial charge < -0.3 is 5.11 Å². The Hall–Kier alpha value is -0.370. The fourth-order valence-electron chi connectivity index (χ4n) is 8.64. The minimum atomic E-state index is -0.368. The van der Waals surface area contributed by atoms with Crippen LogP contribution >= 0.6 is 0 Å². The van der Waals surface area contributed by atoms with Crippen LogP contribution in [0.2, 0.25) is 0 Å². The van der Waals surface area contributed by atoms with Gasteiger partial charge in [0.05, 0.1) is 11.5 Å². The Balaban J connectivity index is 1.64. The number of rotatable bonds is 0. The highest BCUT2D eigenvalue weighted by Gasteiger charge is 2.87. The van der Waals surface area contributed by atoms with E-state index in [0.29, 0.717) is 23.0 Å². The highest BCUT2D eigenvalue weighted by Crippen LogP contribution is 2.83. The lowest BCUT2D eigenvalue weighted by molar-refractivity contribution is -0.200. The van der Waals surface area contributed by atoms with Gasteiger partial charge in [-0.25, -0.2) is 0 Å². The standard InChI is InChI=1S/C20H30O2/c1-17(2)7-5-8-18(3)12(17)6-9-20-13(18)10-11-14(15(20)21)19(11,4)16(20)22/h11-14,16,22H,5-10H2,1-4H3/t11-,12-,13+,14?,16-,18-,19-,20+/m0/s1. The second-order valence-corrected chi connectivity index (χ2v) is 10.5. The van der Waals surface area contributed by atoms with Crippen LogP contribution in [0.1, 0.15) is 66.2 Å². The van der Waals surface area contributed by atoms with Gasteiger partial charge in [0.25, 0.3) is 0 Å². The minimum absolute atomic E-state index is 0.0546. The van der Waals surface area contributed by atoms with Gasteiger partial charge in [0, 0.05) is 11.3 Å². The Morgan fingerprint density at radius 1 is 1.05 bits per heavy atom. The molecule has 0 heterocycles. The molecule has 1 unspecified atom stereocenters. The number of carbonyl (C=O) groups excluding carboxylic acids is 1. The van der Waals surface area contributed by atoms with Gasteiger partial charge in [-0.05, 0) is 60.7 Å². The quantitative estimate of drug-likeness (QED) is 0.738. The molecule has 6 rings (SSSR count).